The van der Waals surface area contributed by atoms with Gasteiger partial charge in [0.15, 0.2) is 5.69 Å². The molecule has 0 aliphatic carbocycles. The van der Waals surface area contributed by atoms with Crippen LogP contribution in [0, 0.1) is 0 Å². The van der Waals surface area contributed by atoms with Crippen molar-refractivity contribution in [2.75, 3.05) is 5.32 Å². The van der Waals surface area contributed by atoms with Crippen LogP contribution in [0.25, 0.3) is 0 Å². The summed E-state index contributed by atoms with van der Waals surface area (Å²) in [7, 11) is 0. The highest BCUT2D eigenvalue weighted by molar-refractivity contribution is 5.92. The Bertz CT molecular complexity index is 378. The molecule has 0 atom stereocenters. The summed E-state index contributed by atoms with van der Waals surface area (Å²) in [6.45, 7) is 9.91. The molecule has 0 saturated carbocycles. The molecule has 0 unspecified atom stereocenters. The summed E-state index contributed by atoms with van der Waals surface area (Å²) >= 11 is 0. The third kappa shape index (κ3) is 4.80. The molecule has 5 nitrogen and oxygen atoms in total. The number of hydrogen-bond donors (Lipinski definition) is 2. The minimum atomic E-state index is -0.199. The van der Waals surface area contributed by atoms with E-state index < -0.39 is 0 Å². The molecule has 1 aromatic rings. The van der Waals surface area contributed by atoms with Crippen LogP contribution in [0.2, 0.25) is 0 Å². The predicted octanol–water partition coefficient (Wildman–Crippen LogP) is 1.83. The first-order chi connectivity index (χ1) is 7.78. The SMILES string of the molecule is CC(C)NC(=O)c1ccc(NC(C)(C)C)nn1. The number of anilines is 1. The van der Waals surface area contributed by atoms with Gasteiger partial charge in [0.05, 0.1) is 0 Å². The second kappa shape index (κ2) is 5.12. The lowest BCUT2D eigenvalue weighted by Gasteiger charge is -2.20. The van der Waals surface area contributed by atoms with E-state index in [9.17, 15) is 4.79 Å². The maximum atomic E-state index is 11.6. The van der Waals surface area contributed by atoms with Gasteiger partial charge in [0.2, 0.25) is 0 Å². The Kier molecular flexibility index (Phi) is 4.04. The molecule has 0 aliphatic rings. The molecule has 2 N–H and O–H groups in total. The fourth-order valence-electron chi connectivity index (χ4n) is 1.24. The first kappa shape index (κ1) is 13.4. The summed E-state index contributed by atoms with van der Waals surface area (Å²) in [5, 5.41) is 13.8. The normalized spacial score (nSPS) is 11.4. The van der Waals surface area contributed by atoms with Gasteiger partial charge in [-0.3, -0.25) is 4.79 Å². The first-order valence-electron chi connectivity index (χ1n) is 5.71. The second-order valence-corrected chi connectivity index (χ2v) is 5.31. The van der Waals surface area contributed by atoms with Crippen LogP contribution in [0.1, 0.15) is 45.1 Å². The highest BCUT2D eigenvalue weighted by Crippen LogP contribution is 2.10. The van der Waals surface area contributed by atoms with Crippen molar-refractivity contribution in [3.05, 3.63) is 17.8 Å². The molecule has 17 heavy (non-hydrogen) atoms. The highest BCUT2D eigenvalue weighted by Gasteiger charge is 2.12. The molecule has 0 aliphatic heterocycles. The number of rotatable bonds is 3. The van der Waals surface area contributed by atoms with Crippen LogP contribution in [0.3, 0.4) is 0 Å². The smallest absolute Gasteiger partial charge is 0.271 e. The Hall–Kier alpha value is -1.65. The van der Waals surface area contributed by atoms with Crippen LogP contribution in [0.15, 0.2) is 12.1 Å². The Morgan fingerprint density at radius 1 is 1.24 bits per heavy atom. The Labute approximate surface area is 102 Å². The van der Waals surface area contributed by atoms with Crippen molar-refractivity contribution in [3.63, 3.8) is 0 Å². The zero-order valence-corrected chi connectivity index (χ0v) is 11.0. The monoisotopic (exact) mass is 236 g/mol. The molecule has 1 heterocycles. The van der Waals surface area contributed by atoms with Gasteiger partial charge in [-0.25, -0.2) is 0 Å². The number of nitrogens with one attached hydrogen (secondary N) is 2. The quantitative estimate of drug-likeness (QED) is 0.840. The zero-order chi connectivity index (χ0) is 13.1. The van der Waals surface area contributed by atoms with Gasteiger partial charge in [0.25, 0.3) is 5.91 Å². The molecular weight excluding hydrogens is 216 g/mol. The number of hydrogen-bond acceptors (Lipinski definition) is 4. The van der Waals surface area contributed by atoms with Crippen LogP contribution in [0.4, 0.5) is 5.82 Å². The van der Waals surface area contributed by atoms with Gasteiger partial charge >= 0.3 is 0 Å². The number of nitrogens with zero attached hydrogens (tertiary/aromatic N) is 2. The van der Waals surface area contributed by atoms with Crippen LogP contribution in [-0.2, 0) is 0 Å². The van der Waals surface area contributed by atoms with Crippen LogP contribution < -0.4 is 10.6 Å². The minimum Gasteiger partial charge on any atom is -0.364 e. The van der Waals surface area contributed by atoms with Crippen LogP contribution in [0.5, 0.6) is 0 Å². The first-order valence-corrected chi connectivity index (χ1v) is 5.71. The van der Waals surface area contributed by atoms with Gasteiger partial charge in [-0.05, 0) is 46.8 Å². The van der Waals surface area contributed by atoms with Gasteiger partial charge < -0.3 is 10.6 Å². The van der Waals surface area contributed by atoms with E-state index in [4.69, 9.17) is 0 Å². The molecule has 5 heteroatoms. The molecule has 1 amide bonds. The number of carbonyl (C=O) groups excluding carboxylic acids is 1. The van der Waals surface area contributed by atoms with Gasteiger partial charge in [0, 0.05) is 11.6 Å². The van der Waals surface area contributed by atoms with E-state index in [0.29, 0.717) is 11.5 Å². The van der Waals surface area contributed by atoms with Gasteiger partial charge in [0.1, 0.15) is 5.82 Å². The summed E-state index contributed by atoms with van der Waals surface area (Å²) in [4.78, 5) is 11.6. The Balaban J connectivity index is 2.71. The zero-order valence-electron chi connectivity index (χ0n) is 11.0. The minimum absolute atomic E-state index is 0.0730. The molecule has 0 saturated heterocycles. The van der Waals surface area contributed by atoms with Crippen LogP contribution >= 0.6 is 0 Å². The maximum absolute atomic E-state index is 11.6. The van der Waals surface area contributed by atoms with Gasteiger partial charge in [-0.15, -0.1) is 10.2 Å². The predicted molar refractivity (Wildman–Crippen MR) is 68.0 cm³/mol. The number of carbonyl (C=O) groups is 1. The molecule has 0 bridgehead atoms. The van der Waals surface area contributed by atoms with E-state index in [1.54, 1.807) is 12.1 Å². The summed E-state index contributed by atoms with van der Waals surface area (Å²) in [6, 6.07) is 3.52. The molecule has 0 fully saturated rings. The van der Waals surface area contributed by atoms with E-state index in [1.807, 2.05) is 34.6 Å². The molecule has 0 aromatic carbocycles. The molecule has 0 spiro atoms. The lowest BCUT2D eigenvalue weighted by Crippen LogP contribution is -2.31. The summed E-state index contributed by atoms with van der Waals surface area (Å²) in [6.07, 6.45) is 0. The largest absolute Gasteiger partial charge is 0.364 e. The Morgan fingerprint density at radius 2 is 1.88 bits per heavy atom. The van der Waals surface area contributed by atoms with Crippen molar-refractivity contribution in [3.8, 4) is 0 Å². The molecule has 94 valence electrons. The third-order valence-electron chi connectivity index (χ3n) is 1.82. The third-order valence-corrected chi connectivity index (χ3v) is 1.82. The van der Waals surface area contributed by atoms with Crippen molar-refractivity contribution in [1.29, 1.82) is 0 Å². The van der Waals surface area contributed by atoms with Crippen molar-refractivity contribution in [2.24, 2.45) is 0 Å². The molecule has 1 rings (SSSR count). The average Bonchev–Trinajstić information content (AvgIpc) is 2.15. The number of amides is 1. The van der Waals surface area contributed by atoms with Crippen molar-refractivity contribution in [1.82, 2.24) is 15.5 Å². The van der Waals surface area contributed by atoms with Crippen molar-refractivity contribution < 1.29 is 4.79 Å². The Morgan fingerprint density at radius 3 is 2.29 bits per heavy atom. The van der Waals surface area contributed by atoms with Gasteiger partial charge in [-0.1, -0.05) is 0 Å². The molecule has 1 aromatic heterocycles. The van der Waals surface area contributed by atoms with Gasteiger partial charge in [-0.2, -0.15) is 0 Å². The lowest BCUT2D eigenvalue weighted by atomic mass is 10.1. The van der Waals surface area contributed by atoms with E-state index >= 15 is 0 Å². The summed E-state index contributed by atoms with van der Waals surface area (Å²) in [5.41, 5.74) is 0.259. The fraction of sp³-hybridized carbons (Fsp3) is 0.583. The average molecular weight is 236 g/mol. The van der Waals surface area contributed by atoms with Crippen molar-refractivity contribution in [2.45, 2.75) is 46.2 Å². The van der Waals surface area contributed by atoms with E-state index in [1.165, 1.54) is 0 Å². The van der Waals surface area contributed by atoms with E-state index in [2.05, 4.69) is 20.8 Å². The molecule has 0 radical (unpaired) electrons. The fourth-order valence-corrected chi connectivity index (χ4v) is 1.24. The topological polar surface area (TPSA) is 66.9 Å². The number of aromatic nitrogens is 2. The second-order valence-electron chi connectivity index (χ2n) is 5.31. The summed E-state index contributed by atoms with van der Waals surface area (Å²) in [5.74, 6) is 0.466. The lowest BCUT2D eigenvalue weighted by molar-refractivity contribution is 0.0937. The highest BCUT2D eigenvalue weighted by atomic mass is 16.1. The maximum Gasteiger partial charge on any atom is 0.271 e. The van der Waals surface area contributed by atoms with Crippen LogP contribution in [-0.4, -0.2) is 27.7 Å². The van der Waals surface area contributed by atoms with E-state index in [-0.39, 0.29) is 17.5 Å². The standard InChI is InChI=1S/C12H20N4O/c1-8(2)13-11(17)9-6-7-10(16-15-9)14-12(3,4)5/h6-8H,1-5H3,(H,13,17)(H,14,16). The molecular formula is C12H20N4O. The summed E-state index contributed by atoms with van der Waals surface area (Å²) < 4.78 is 0. The van der Waals surface area contributed by atoms with E-state index in [0.717, 1.165) is 0 Å². The van der Waals surface area contributed by atoms with Crippen molar-refractivity contribution >= 4 is 11.7 Å².